The second kappa shape index (κ2) is 7.74. The highest BCUT2D eigenvalue weighted by Gasteiger charge is 2.26. The van der Waals surface area contributed by atoms with Gasteiger partial charge in [0.05, 0.1) is 0 Å². The van der Waals surface area contributed by atoms with Crippen molar-refractivity contribution in [2.75, 3.05) is 13.1 Å². The topological polar surface area (TPSA) is 59.2 Å². The lowest BCUT2D eigenvalue weighted by Gasteiger charge is -2.32. The molecule has 1 aliphatic heterocycles. The standard InChI is InChI=1S/C22H23N3O2/c1-16-23-21(24-27-16)15-17-11-13-25(14-12-17)22(26)20-10-6-5-9-19(20)18-7-3-2-4-8-18/h2-10,17H,11-15H2,1H3. The molecule has 0 atom stereocenters. The van der Waals surface area contributed by atoms with Crippen LogP contribution in [-0.4, -0.2) is 34.0 Å². The molecule has 1 amide bonds. The highest BCUT2D eigenvalue weighted by molar-refractivity contribution is 6.00. The molecule has 0 N–H and O–H groups in total. The monoisotopic (exact) mass is 361 g/mol. The predicted octanol–water partition coefficient (Wildman–Crippen LogP) is 4.14. The van der Waals surface area contributed by atoms with Gasteiger partial charge in [0.15, 0.2) is 5.82 Å². The summed E-state index contributed by atoms with van der Waals surface area (Å²) in [7, 11) is 0. The van der Waals surface area contributed by atoms with E-state index < -0.39 is 0 Å². The average molecular weight is 361 g/mol. The Kier molecular flexibility index (Phi) is 5.01. The van der Waals surface area contributed by atoms with E-state index in [-0.39, 0.29) is 5.91 Å². The molecule has 0 saturated carbocycles. The molecule has 1 aromatic heterocycles. The highest BCUT2D eigenvalue weighted by Crippen LogP contribution is 2.27. The Morgan fingerprint density at radius 1 is 1.07 bits per heavy atom. The van der Waals surface area contributed by atoms with Crippen LogP contribution in [0.3, 0.4) is 0 Å². The maximum atomic E-state index is 13.1. The van der Waals surface area contributed by atoms with Crippen molar-refractivity contribution in [3.05, 3.63) is 71.9 Å². The summed E-state index contributed by atoms with van der Waals surface area (Å²) in [5.41, 5.74) is 2.84. The van der Waals surface area contributed by atoms with Crippen LogP contribution in [0, 0.1) is 12.8 Å². The van der Waals surface area contributed by atoms with Gasteiger partial charge in [0, 0.05) is 32.0 Å². The van der Waals surface area contributed by atoms with E-state index in [4.69, 9.17) is 4.52 Å². The summed E-state index contributed by atoms with van der Waals surface area (Å²) in [6.45, 7) is 3.34. The highest BCUT2D eigenvalue weighted by atomic mass is 16.5. The van der Waals surface area contributed by atoms with E-state index in [2.05, 4.69) is 10.1 Å². The zero-order valence-electron chi connectivity index (χ0n) is 15.5. The molecular formula is C22H23N3O2. The van der Waals surface area contributed by atoms with E-state index in [9.17, 15) is 4.79 Å². The van der Waals surface area contributed by atoms with Crippen molar-refractivity contribution in [3.63, 3.8) is 0 Å². The molecule has 27 heavy (non-hydrogen) atoms. The second-order valence-electron chi connectivity index (χ2n) is 7.08. The van der Waals surface area contributed by atoms with Gasteiger partial charge in [-0.25, -0.2) is 0 Å². The van der Waals surface area contributed by atoms with Crippen molar-refractivity contribution in [3.8, 4) is 11.1 Å². The van der Waals surface area contributed by atoms with Gasteiger partial charge in [0.2, 0.25) is 5.89 Å². The van der Waals surface area contributed by atoms with Gasteiger partial charge in [-0.2, -0.15) is 4.98 Å². The molecule has 0 radical (unpaired) electrons. The number of piperidine rings is 1. The maximum Gasteiger partial charge on any atom is 0.254 e. The van der Waals surface area contributed by atoms with Crippen LogP contribution in [0.25, 0.3) is 11.1 Å². The van der Waals surface area contributed by atoms with Crippen LogP contribution >= 0.6 is 0 Å². The van der Waals surface area contributed by atoms with E-state index in [0.717, 1.165) is 54.9 Å². The fourth-order valence-corrected chi connectivity index (χ4v) is 3.73. The van der Waals surface area contributed by atoms with E-state index in [1.807, 2.05) is 66.4 Å². The Morgan fingerprint density at radius 3 is 2.48 bits per heavy atom. The number of amides is 1. The fraction of sp³-hybridized carbons (Fsp3) is 0.318. The van der Waals surface area contributed by atoms with Crippen molar-refractivity contribution in [2.45, 2.75) is 26.2 Å². The molecule has 0 unspecified atom stereocenters. The van der Waals surface area contributed by atoms with Crippen molar-refractivity contribution in [1.82, 2.24) is 15.0 Å². The lowest BCUT2D eigenvalue weighted by atomic mass is 9.92. The largest absolute Gasteiger partial charge is 0.340 e. The number of rotatable bonds is 4. The molecule has 1 fully saturated rings. The SMILES string of the molecule is Cc1nc(CC2CCN(C(=O)c3ccccc3-c3ccccc3)CC2)no1. The van der Waals surface area contributed by atoms with Gasteiger partial charge >= 0.3 is 0 Å². The number of carbonyl (C=O) groups is 1. The number of aromatic nitrogens is 2. The molecule has 1 saturated heterocycles. The average Bonchev–Trinajstić information content (AvgIpc) is 3.13. The third kappa shape index (κ3) is 3.92. The minimum absolute atomic E-state index is 0.114. The molecule has 3 aromatic rings. The van der Waals surface area contributed by atoms with E-state index in [0.29, 0.717) is 11.8 Å². The summed E-state index contributed by atoms with van der Waals surface area (Å²) in [5.74, 6) is 1.99. The van der Waals surface area contributed by atoms with Gasteiger partial charge in [-0.15, -0.1) is 0 Å². The molecule has 4 rings (SSSR count). The minimum Gasteiger partial charge on any atom is -0.340 e. The normalized spacial score (nSPS) is 15.1. The maximum absolute atomic E-state index is 13.1. The third-order valence-corrected chi connectivity index (χ3v) is 5.18. The first kappa shape index (κ1) is 17.5. The predicted molar refractivity (Wildman–Crippen MR) is 103 cm³/mol. The molecule has 0 spiro atoms. The zero-order chi connectivity index (χ0) is 18.6. The Morgan fingerprint density at radius 2 is 1.78 bits per heavy atom. The number of hydrogen-bond acceptors (Lipinski definition) is 4. The van der Waals surface area contributed by atoms with Crippen LogP contribution in [0.2, 0.25) is 0 Å². The molecule has 2 heterocycles. The van der Waals surface area contributed by atoms with Crippen LogP contribution < -0.4 is 0 Å². The molecule has 1 aliphatic rings. The summed E-state index contributed by atoms with van der Waals surface area (Å²) in [6.07, 6.45) is 2.75. The number of nitrogens with zero attached hydrogens (tertiary/aromatic N) is 3. The Hall–Kier alpha value is -2.95. The number of benzene rings is 2. The van der Waals surface area contributed by atoms with E-state index in [1.165, 1.54) is 0 Å². The second-order valence-corrected chi connectivity index (χ2v) is 7.08. The molecule has 0 aliphatic carbocycles. The van der Waals surface area contributed by atoms with Crippen LogP contribution in [-0.2, 0) is 6.42 Å². The molecule has 5 nitrogen and oxygen atoms in total. The van der Waals surface area contributed by atoms with Gasteiger partial charge in [-0.05, 0) is 36.0 Å². The first-order valence-electron chi connectivity index (χ1n) is 9.43. The minimum atomic E-state index is 0.114. The van der Waals surface area contributed by atoms with Crippen LogP contribution in [0.5, 0.6) is 0 Å². The first-order valence-corrected chi connectivity index (χ1v) is 9.43. The van der Waals surface area contributed by atoms with Crippen molar-refractivity contribution >= 4 is 5.91 Å². The summed E-state index contributed by atoms with van der Waals surface area (Å²) < 4.78 is 5.05. The first-order chi connectivity index (χ1) is 13.2. The van der Waals surface area contributed by atoms with Gasteiger partial charge in [0.1, 0.15) is 0 Å². The zero-order valence-corrected chi connectivity index (χ0v) is 15.5. The smallest absolute Gasteiger partial charge is 0.254 e. The summed E-state index contributed by atoms with van der Waals surface area (Å²) in [4.78, 5) is 19.4. The van der Waals surface area contributed by atoms with Crippen molar-refractivity contribution in [1.29, 1.82) is 0 Å². The number of carbonyl (C=O) groups excluding carboxylic acids is 1. The van der Waals surface area contributed by atoms with Crippen LogP contribution in [0.15, 0.2) is 59.1 Å². The van der Waals surface area contributed by atoms with Crippen LogP contribution in [0.4, 0.5) is 0 Å². The molecule has 2 aromatic carbocycles. The molecule has 5 heteroatoms. The van der Waals surface area contributed by atoms with Gasteiger partial charge < -0.3 is 9.42 Å². The van der Waals surface area contributed by atoms with Crippen LogP contribution in [0.1, 0.15) is 34.9 Å². The number of likely N-dealkylation sites (tertiary alicyclic amines) is 1. The lowest BCUT2D eigenvalue weighted by molar-refractivity contribution is 0.0690. The third-order valence-electron chi connectivity index (χ3n) is 5.18. The van der Waals surface area contributed by atoms with E-state index in [1.54, 1.807) is 0 Å². The Bertz CT molecular complexity index is 912. The molecule has 138 valence electrons. The Balaban J connectivity index is 1.44. The Labute approximate surface area is 159 Å². The molecule has 0 bridgehead atoms. The van der Waals surface area contributed by atoms with Gasteiger partial charge in [0.25, 0.3) is 5.91 Å². The van der Waals surface area contributed by atoms with E-state index >= 15 is 0 Å². The van der Waals surface area contributed by atoms with Crippen molar-refractivity contribution < 1.29 is 9.32 Å². The fourth-order valence-electron chi connectivity index (χ4n) is 3.73. The number of hydrogen-bond donors (Lipinski definition) is 0. The van der Waals surface area contributed by atoms with Gasteiger partial charge in [-0.1, -0.05) is 53.7 Å². The molecular weight excluding hydrogens is 338 g/mol. The summed E-state index contributed by atoms with van der Waals surface area (Å²) in [5, 5.41) is 3.99. The summed E-state index contributed by atoms with van der Waals surface area (Å²) >= 11 is 0. The number of aryl methyl sites for hydroxylation is 1. The van der Waals surface area contributed by atoms with Gasteiger partial charge in [-0.3, -0.25) is 4.79 Å². The summed E-state index contributed by atoms with van der Waals surface area (Å²) in [6, 6.07) is 18.0. The van der Waals surface area contributed by atoms with Crippen molar-refractivity contribution in [2.24, 2.45) is 5.92 Å². The lowest BCUT2D eigenvalue weighted by Crippen LogP contribution is -2.39. The quantitative estimate of drug-likeness (QED) is 0.701.